The molecular formula is C11H20ClN3O2. The summed E-state index contributed by atoms with van der Waals surface area (Å²) in [6.45, 7) is 2.96. The van der Waals surface area contributed by atoms with Crippen molar-refractivity contribution in [3.63, 3.8) is 0 Å². The predicted molar refractivity (Wildman–Crippen MR) is 66.8 cm³/mol. The molecule has 0 saturated carbocycles. The Morgan fingerprint density at radius 2 is 2.06 bits per heavy atom. The Hall–Kier alpha value is -0.620. The van der Waals surface area contributed by atoms with E-state index in [0.717, 1.165) is 5.82 Å². The summed E-state index contributed by atoms with van der Waals surface area (Å²) in [4.78, 5) is 6.21. The number of imidazole rings is 1. The number of hydrogen-bond donors (Lipinski definition) is 2. The summed E-state index contributed by atoms with van der Waals surface area (Å²) in [7, 11) is 3.78. The van der Waals surface area contributed by atoms with Gasteiger partial charge in [0.25, 0.3) is 0 Å². The summed E-state index contributed by atoms with van der Waals surface area (Å²) in [5, 5.41) is 19.1. The van der Waals surface area contributed by atoms with E-state index in [1.807, 2.05) is 30.5 Å². The monoisotopic (exact) mass is 261 g/mol. The van der Waals surface area contributed by atoms with Gasteiger partial charge in [0, 0.05) is 19.0 Å². The molecule has 0 spiro atoms. The molecule has 1 aromatic heterocycles. The third kappa shape index (κ3) is 3.67. The highest BCUT2D eigenvalue weighted by molar-refractivity contribution is 6.29. The number of aromatic nitrogens is 2. The number of hydrogen-bond acceptors (Lipinski definition) is 4. The summed E-state index contributed by atoms with van der Waals surface area (Å²) in [6.07, 6.45) is 1.61. The van der Waals surface area contributed by atoms with Crippen molar-refractivity contribution in [2.45, 2.75) is 13.5 Å². The first-order chi connectivity index (χ1) is 7.91. The average Bonchev–Trinajstić information content (AvgIpc) is 2.60. The van der Waals surface area contributed by atoms with E-state index in [1.165, 1.54) is 0 Å². The van der Waals surface area contributed by atoms with E-state index in [0.29, 0.717) is 18.2 Å². The van der Waals surface area contributed by atoms with Crippen LogP contribution in [0.1, 0.15) is 12.7 Å². The van der Waals surface area contributed by atoms with Crippen LogP contribution in [0.3, 0.4) is 0 Å². The molecule has 0 saturated heterocycles. The van der Waals surface area contributed by atoms with Gasteiger partial charge in [-0.2, -0.15) is 0 Å². The highest BCUT2D eigenvalue weighted by Crippen LogP contribution is 2.17. The van der Waals surface area contributed by atoms with Gasteiger partial charge in [-0.15, -0.1) is 0 Å². The fraction of sp³-hybridized carbons (Fsp3) is 0.727. The van der Waals surface area contributed by atoms with Gasteiger partial charge in [0.2, 0.25) is 0 Å². The Morgan fingerprint density at radius 1 is 1.47 bits per heavy atom. The zero-order valence-electron chi connectivity index (χ0n) is 10.5. The molecule has 5 nitrogen and oxygen atoms in total. The molecule has 0 aliphatic rings. The minimum Gasteiger partial charge on any atom is -0.396 e. The number of nitrogens with zero attached hydrogens (tertiary/aromatic N) is 3. The summed E-state index contributed by atoms with van der Waals surface area (Å²) in [5.74, 6) is 0.857. The Labute approximate surface area is 107 Å². The van der Waals surface area contributed by atoms with Gasteiger partial charge in [-0.25, -0.2) is 4.98 Å². The van der Waals surface area contributed by atoms with Gasteiger partial charge in [-0.05, 0) is 7.05 Å². The number of halogens is 1. The summed E-state index contributed by atoms with van der Waals surface area (Å²) < 4.78 is 1.81. The zero-order chi connectivity index (χ0) is 13.1. The van der Waals surface area contributed by atoms with E-state index >= 15 is 0 Å². The molecular weight excluding hydrogens is 242 g/mol. The Kier molecular flexibility index (Phi) is 4.94. The van der Waals surface area contributed by atoms with E-state index in [-0.39, 0.29) is 13.2 Å². The van der Waals surface area contributed by atoms with E-state index in [1.54, 1.807) is 6.20 Å². The Bertz CT molecular complexity index is 364. The molecule has 1 heterocycles. The van der Waals surface area contributed by atoms with Crippen LogP contribution in [0, 0.1) is 5.41 Å². The minimum atomic E-state index is -0.496. The SMILES string of the molecule is CN(Cc1ncc(Cl)n1C)CC(C)(CO)CO. The first kappa shape index (κ1) is 14.4. The predicted octanol–water partition coefficient (Wildman–Crippen LogP) is 0.496. The van der Waals surface area contributed by atoms with Crippen molar-refractivity contribution in [2.75, 3.05) is 26.8 Å². The second kappa shape index (κ2) is 5.82. The fourth-order valence-corrected chi connectivity index (χ4v) is 1.82. The molecule has 0 bridgehead atoms. The lowest BCUT2D eigenvalue weighted by atomic mass is 9.92. The minimum absolute atomic E-state index is 0.0465. The van der Waals surface area contributed by atoms with E-state index in [4.69, 9.17) is 11.6 Å². The van der Waals surface area contributed by atoms with Gasteiger partial charge in [-0.1, -0.05) is 18.5 Å². The maximum atomic E-state index is 9.23. The van der Waals surface area contributed by atoms with Crippen molar-refractivity contribution in [3.05, 3.63) is 17.2 Å². The molecule has 0 unspecified atom stereocenters. The van der Waals surface area contributed by atoms with E-state index < -0.39 is 5.41 Å². The lowest BCUT2D eigenvalue weighted by molar-refractivity contribution is 0.0394. The molecule has 0 amide bonds. The molecule has 0 aromatic carbocycles. The fourth-order valence-electron chi connectivity index (χ4n) is 1.67. The van der Waals surface area contributed by atoms with E-state index in [2.05, 4.69) is 4.98 Å². The van der Waals surface area contributed by atoms with Crippen LogP contribution in [0.2, 0.25) is 5.15 Å². The summed E-state index contributed by atoms with van der Waals surface area (Å²) in [5.41, 5.74) is -0.496. The standard InChI is InChI=1S/C11H20ClN3O2/c1-11(7-16,8-17)6-14(2)5-10-13-4-9(12)15(10)3/h4,16-17H,5-8H2,1-3H3. The molecule has 17 heavy (non-hydrogen) atoms. The van der Waals surface area contributed by atoms with Crippen molar-refractivity contribution >= 4 is 11.6 Å². The molecule has 1 rings (SSSR count). The third-order valence-electron chi connectivity index (χ3n) is 2.85. The van der Waals surface area contributed by atoms with Crippen molar-refractivity contribution in [2.24, 2.45) is 12.5 Å². The van der Waals surface area contributed by atoms with Gasteiger partial charge >= 0.3 is 0 Å². The van der Waals surface area contributed by atoms with Crippen molar-refractivity contribution in [1.82, 2.24) is 14.5 Å². The summed E-state index contributed by atoms with van der Waals surface area (Å²) in [6, 6.07) is 0. The van der Waals surface area contributed by atoms with Crippen molar-refractivity contribution in [1.29, 1.82) is 0 Å². The molecule has 1 aromatic rings. The Balaban J connectivity index is 2.61. The Morgan fingerprint density at radius 3 is 2.47 bits per heavy atom. The molecule has 2 N–H and O–H groups in total. The van der Waals surface area contributed by atoms with Crippen LogP contribution in [0.15, 0.2) is 6.20 Å². The van der Waals surface area contributed by atoms with Crippen LogP contribution < -0.4 is 0 Å². The highest BCUT2D eigenvalue weighted by atomic mass is 35.5. The molecule has 98 valence electrons. The van der Waals surface area contributed by atoms with Gasteiger partial charge in [0.05, 0.1) is 26.0 Å². The zero-order valence-corrected chi connectivity index (χ0v) is 11.3. The highest BCUT2D eigenvalue weighted by Gasteiger charge is 2.24. The first-order valence-electron chi connectivity index (χ1n) is 5.48. The van der Waals surface area contributed by atoms with Crippen LogP contribution in [-0.4, -0.2) is 51.5 Å². The van der Waals surface area contributed by atoms with Crippen LogP contribution in [0.5, 0.6) is 0 Å². The van der Waals surface area contributed by atoms with Crippen LogP contribution in [-0.2, 0) is 13.6 Å². The summed E-state index contributed by atoms with van der Waals surface area (Å²) >= 11 is 5.90. The lowest BCUT2D eigenvalue weighted by Crippen LogP contribution is -2.39. The maximum Gasteiger partial charge on any atom is 0.128 e. The van der Waals surface area contributed by atoms with E-state index in [9.17, 15) is 10.2 Å². The largest absolute Gasteiger partial charge is 0.396 e. The quantitative estimate of drug-likeness (QED) is 0.783. The van der Waals surface area contributed by atoms with Gasteiger partial charge in [0.1, 0.15) is 11.0 Å². The first-order valence-corrected chi connectivity index (χ1v) is 5.86. The number of rotatable bonds is 6. The van der Waals surface area contributed by atoms with Gasteiger partial charge in [-0.3, -0.25) is 4.90 Å². The lowest BCUT2D eigenvalue weighted by Gasteiger charge is -2.30. The molecule has 0 fully saturated rings. The molecule has 0 atom stereocenters. The van der Waals surface area contributed by atoms with Crippen LogP contribution in [0.4, 0.5) is 0 Å². The second-order valence-corrected chi connectivity index (χ2v) is 5.24. The molecule has 0 aliphatic carbocycles. The van der Waals surface area contributed by atoms with Crippen molar-refractivity contribution < 1.29 is 10.2 Å². The van der Waals surface area contributed by atoms with Crippen LogP contribution in [0.25, 0.3) is 0 Å². The van der Waals surface area contributed by atoms with Gasteiger partial charge < -0.3 is 14.8 Å². The third-order valence-corrected chi connectivity index (χ3v) is 3.21. The van der Waals surface area contributed by atoms with Gasteiger partial charge in [0.15, 0.2) is 0 Å². The average molecular weight is 262 g/mol. The number of aliphatic hydroxyl groups excluding tert-OH is 2. The second-order valence-electron chi connectivity index (χ2n) is 4.86. The maximum absolute atomic E-state index is 9.23. The van der Waals surface area contributed by atoms with Crippen molar-refractivity contribution in [3.8, 4) is 0 Å². The molecule has 0 aliphatic heterocycles. The topological polar surface area (TPSA) is 61.5 Å². The normalized spacial score (nSPS) is 12.4. The van der Waals surface area contributed by atoms with Crippen LogP contribution >= 0.6 is 11.6 Å². The molecule has 6 heteroatoms. The molecule has 0 radical (unpaired) electrons. The smallest absolute Gasteiger partial charge is 0.128 e. The number of aliphatic hydroxyl groups is 2.